The molecule has 1 fully saturated rings. The van der Waals surface area contributed by atoms with Crippen LogP contribution >= 0.6 is 11.3 Å². The number of sulfonamides is 1. The number of hydrogen-bond acceptors (Lipinski definition) is 6. The third-order valence-electron chi connectivity index (χ3n) is 5.87. The number of amides is 1. The molecule has 1 N–H and O–H groups in total. The van der Waals surface area contributed by atoms with Gasteiger partial charge in [-0.15, -0.1) is 11.3 Å². The van der Waals surface area contributed by atoms with Crippen LogP contribution in [0.2, 0.25) is 0 Å². The highest BCUT2D eigenvalue weighted by atomic mass is 32.2. The summed E-state index contributed by atoms with van der Waals surface area (Å²) in [6.45, 7) is 1.87. The molecule has 9 heteroatoms. The third-order valence-corrected chi connectivity index (χ3v) is 8.15. The second-order valence-electron chi connectivity index (χ2n) is 7.99. The Bertz CT molecular complexity index is 1260. The molecule has 0 spiro atoms. The number of rotatable bonds is 6. The predicted molar refractivity (Wildman–Crippen MR) is 125 cm³/mol. The van der Waals surface area contributed by atoms with Crippen LogP contribution in [0, 0.1) is 0 Å². The second-order valence-corrected chi connectivity index (χ2v) is 10.8. The van der Waals surface area contributed by atoms with Crippen molar-refractivity contribution in [2.75, 3.05) is 19.8 Å². The van der Waals surface area contributed by atoms with Gasteiger partial charge >= 0.3 is 0 Å². The van der Waals surface area contributed by atoms with Gasteiger partial charge in [0, 0.05) is 23.5 Å². The molecule has 1 atom stereocenters. The number of nitrogens with zero attached hydrogens (tertiary/aromatic N) is 1. The first-order chi connectivity index (χ1) is 16.0. The lowest BCUT2D eigenvalue weighted by Crippen LogP contribution is -2.31. The molecule has 0 radical (unpaired) electrons. The van der Waals surface area contributed by atoms with E-state index >= 15 is 0 Å². The second kappa shape index (κ2) is 9.17. The number of hydrogen-bond donors (Lipinski definition) is 1. The number of ether oxygens (including phenoxy) is 2. The summed E-state index contributed by atoms with van der Waals surface area (Å²) in [6.07, 6.45) is 1.72. The highest BCUT2D eigenvalue weighted by Crippen LogP contribution is 2.38. The third kappa shape index (κ3) is 4.62. The van der Waals surface area contributed by atoms with Gasteiger partial charge in [0.25, 0.3) is 5.91 Å². The number of likely N-dealkylation sites (tertiary alicyclic amines) is 1. The first-order valence-electron chi connectivity index (χ1n) is 10.8. The van der Waals surface area contributed by atoms with E-state index < -0.39 is 10.0 Å². The molecule has 3 heterocycles. The number of benzene rings is 2. The molecule has 1 aromatic heterocycles. The predicted octanol–water partition coefficient (Wildman–Crippen LogP) is 3.98. The molecule has 3 aromatic rings. The highest BCUT2D eigenvalue weighted by molar-refractivity contribution is 7.89. The summed E-state index contributed by atoms with van der Waals surface area (Å²) in [5.41, 5.74) is 1.35. The fourth-order valence-electron chi connectivity index (χ4n) is 4.25. The zero-order valence-corrected chi connectivity index (χ0v) is 19.5. The van der Waals surface area contributed by atoms with E-state index in [1.165, 1.54) is 23.5 Å². The summed E-state index contributed by atoms with van der Waals surface area (Å²) in [4.78, 5) is 16.2. The van der Waals surface area contributed by atoms with Crippen LogP contribution in [0.15, 0.2) is 64.9 Å². The van der Waals surface area contributed by atoms with Gasteiger partial charge in [0.15, 0.2) is 11.5 Å². The Balaban J connectivity index is 1.35. The minimum Gasteiger partial charge on any atom is -0.486 e. The molecule has 33 heavy (non-hydrogen) atoms. The summed E-state index contributed by atoms with van der Waals surface area (Å²) in [6, 6.07) is 15.7. The van der Waals surface area contributed by atoms with Crippen LogP contribution in [0.1, 0.15) is 39.7 Å². The van der Waals surface area contributed by atoms with Gasteiger partial charge in [-0.25, -0.2) is 13.1 Å². The maximum absolute atomic E-state index is 13.4. The number of carbonyl (C=O) groups excluding carboxylic acids is 1. The van der Waals surface area contributed by atoms with Gasteiger partial charge in [-0.3, -0.25) is 4.79 Å². The minimum atomic E-state index is -3.74. The first-order valence-corrected chi connectivity index (χ1v) is 13.2. The quantitative estimate of drug-likeness (QED) is 0.572. The molecular formula is C24H24N2O5S2. The van der Waals surface area contributed by atoms with Crippen molar-refractivity contribution in [3.63, 3.8) is 0 Å². The van der Waals surface area contributed by atoms with Crippen molar-refractivity contribution in [2.45, 2.75) is 30.3 Å². The van der Waals surface area contributed by atoms with Crippen LogP contribution < -0.4 is 14.2 Å². The molecule has 1 saturated heterocycles. The maximum Gasteiger partial charge on any atom is 0.254 e. The van der Waals surface area contributed by atoms with E-state index in [1.54, 1.807) is 12.1 Å². The molecular weight excluding hydrogens is 460 g/mol. The molecule has 0 saturated carbocycles. The normalized spacial score (nSPS) is 17.8. The molecule has 172 valence electrons. The molecule has 2 aliphatic rings. The van der Waals surface area contributed by atoms with Gasteiger partial charge in [-0.1, -0.05) is 18.2 Å². The SMILES string of the molecule is O=C(c1cccc(S(=O)(=O)NCc2cccs2)c1)N1CCCC1c1ccc2c(c1)OCCO2. The Kier molecular flexibility index (Phi) is 6.09. The van der Waals surface area contributed by atoms with Crippen molar-refractivity contribution >= 4 is 27.3 Å². The van der Waals surface area contributed by atoms with Gasteiger partial charge in [0.05, 0.1) is 10.9 Å². The fraction of sp³-hybridized carbons (Fsp3) is 0.292. The zero-order chi connectivity index (χ0) is 22.8. The monoisotopic (exact) mass is 484 g/mol. The fourth-order valence-corrected chi connectivity index (χ4v) is 6.04. The Morgan fingerprint density at radius 1 is 1.06 bits per heavy atom. The summed E-state index contributed by atoms with van der Waals surface area (Å²) in [5.74, 6) is 1.24. The van der Waals surface area contributed by atoms with E-state index in [0.29, 0.717) is 36.8 Å². The van der Waals surface area contributed by atoms with Crippen molar-refractivity contribution in [2.24, 2.45) is 0 Å². The molecule has 1 unspecified atom stereocenters. The van der Waals surface area contributed by atoms with Gasteiger partial charge in [0.2, 0.25) is 10.0 Å². The zero-order valence-electron chi connectivity index (χ0n) is 17.9. The topological polar surface area (TPSA) is 84.9 Å². The lowest BCUT2D eigenvalue weighted by molar-refractivity contribution is 0.0735. The number of carbonyl (C=O) groups is 1. The number of thiophene rings is 1. The van der Waals surface area contributed by atoms with Crippen LogP contribution in [0.3, 0.4) is 0 Å². The van der Waals surface area contributed by atoms with E-state index in [9.17, 15) is 13.2 Å². The molecule has 0 bridgehead atoms. The van der Waals surface area contributed by atoms with Crippen molar-refractivity contribution in [1.29, 1.82) is 0 Å². The Morgan fingerprint density at radius 3 is 2.73 bits per heavy atom. The smallest absolute Gasteiger partial charge is 0.254 e. The Morgan fingerprint density at radius 2 is 1.91 bits per heavy atom. The van der Waals surface area contributed by atoms with E-state index in [2.05, 4.69) is 4.72 Å². The van der Waals surface area contributed by atoms with E-state index in [4.69, 9.17) is 9.47 Å². The van der Waals surface area contributed by atoms with Gasteiger partial charge in [-0.05, 0) is 60.2 Å². The van der Waals surface area contributed by atoms with Crippen molar-refractivity contribution in [3.8, 4) is 11.5 Å². The average Bonchev–Trinajstić information content (AvgIpc) is 3.54. The average molecular weight is 485 g/mol. The van der Waals surface area contributed by atoms with Crippen LogP contribution in [-0.2, 0) is 16.6 Å². The van der Waals surface area contributed by atoms with Crippen molar-refractivity contribution in [1.82, 2.24) is 9.62 Å². The first kappa shape index (κ1) is 21.9. The van der Waals surface area contributed by atoms with Crippen LogP contribution in [0.25, 0.3) is 0 Å². The summed E-state index contributed by atoms with van der Waals surface area (Å²) >= 11 is 1.49. The van der Waals surface area contributed by atoms with Gasteiger partial charge in [0.1, 0.15) is 13.2 Å². The summed E-state index contributed by atoms with van der Waals surface area (Å²) < 4.78 is 39.5. The summed E-state index contributed by atoms with van der Waals surface area (Å²) in [5, 5.41) is 1.90. The lowest BCUT2D eigenvalue weighted by atomic mass is 10.0. The summed E-state index contributed by atoms with van der Waals surface area (Å²) in [7, 11) is -3.74. The standard InChI is InChI=1S/C24H24N2O5S2/c27-24(18-4-1-6-20(14-18)33(28,29)25-16-19-5-3-13-32-19)26-10-2-7-21(26)17-8-9-22-23(15-17)31-12-11-30-22/h1,3-6,8-9,13-15,21,25H,2,7,10-12,16H2. The van der Waals surface area contributed by atoms with Crippen molar-refractivity contribution < 1.29 is 22.7 Å². The maximum atomic E-state index is 13.4. The van der Waals surface area contributed by atoms with Crippen molar-refractivity contribution in [3.05, 3.63) is 76.0 Å². The molecule has 2 aliphatic heterocycles. The number of fused-ring (bicyclic) bond motifs is 1. The minimum absolute atomic E-state index is 0.0833. The molecule has 2 aromatic carbocycles. The van der Waals surface area contributed by atoms with Gasteiger partial charge < -0.3 is 14.4 Å². The molecule has 7 nitrogen and oxygen atoms in total. The van der Waals surface area contributed by atoms with E-state index in [1.807, 2.05) is 40.6 Å². The highest BCUT2D eigenvalue weighted by Gasteiger charge is 2.32. The van der Waals surface area contributed by atoms with E-state index in [-0.39, 0.29) is 23.4 Å². The molecule has 0 aliphatic carbocycles. The Labute approximate surface area is 197 Å². The molecule has 1 amide bonds. The number of nitrogens with one attached hydrogen (secondary N) is 1. The van der Waals surface area contributed by atoms with Crippen LogP contribution in [0.5, 0.6) is 11.5 Å². The van der Waals surface area contributed by atoms with E-state index in [0.717, 1.165) is 23.3 Å². The Hall–Kier alpha value is -2.88. The van der Waals surface area contributed by atoms with Crippen LogP contribution in [-0.4, -0.2) is 39.0 Å². The molecule has 5 rings (SSSR count). The largest absolute Gasteiger partial charge is 0.486 e. The van der Waals surface area contributed by atoms with Crippen LogP contribution in [0.4, 0.5) is 0 Å². The lowest BCUT2D eigenvalue weighted by Gasteiger charge is -2.27. The van der Waals surface area contributed by atoms with Gasteiger partial charge in [-0.2, -0.15) is 0 Å².